The Morgan fingerprint density at radius 2 is 2.06 bits per heavy atom. The van der Waals surface area contributed by atoms with Crippen LogP contribution in [0.3, 0.4) is 0 Å². The van der Waals surface area contributed by atoms with Crippen molar-refractivity contribution >= 4 is 11.8 Å². The summed E-state index contributed by atoms with van der Waals surface area (Å²) >= 11 is 0. The SMILES string of the molecule is COC(=O)CC(=O)c1cc(-c2ccncc2)n[nH]1. The Kier molecular flexibility index (Phi) is 3.47. The lowest BCUT2D eigenvalue weighted by molar-refractivity contribution is -0.139. The molecule has 0 amide bonds. The molecule has 6 heteroatoms. The van der Waals surface area contributed by atoms with Crippen LogP contribution in [0.25, 0.3) is 11.3 Å². The second kappa shape index (κ2) is 5.22. The van der Waals surface area contributed by atoms with Gasteiger partial charge in [-0.1, -0.05) is 0 Å². The minimum atomic E-state index is -0.569. The second-order valence-corrected chi connectivity index (χ2v) is 3.58. The molecule has 0 aromatic carbocycles. The fourth-order valence-electron chi connectivity index (χ4n) is 1.43. The number of aromatic nitrogens is 3. The summed E-state index contributed by atoms with van der Waals surface area (Å²) in [6.07, 6.45) is 2.98. The van der Waals surface area contributed by atoms with E-state index in [2.05, 4.69) is 19.9 Å². The van der Waals surface area contributed by atoms with E-state index in [9.17, 15) is 9.59 Å². The van der Waals surface area contributed by atoms with Crippen molar-refractivity contribution in [1.82, 2.24) is 15.2 Å². The number of nitrogens with zero attached hydrogens (tertiary/aromatic N) is 2. The number of methoxy groups -OCH3 is 1. The summed E-state index contributed by atoms with van der Waals surface area (Å²) in [5, 5.41) is 6.62. The monoisotopic (exact) mass is 245 g/mol. The third-order valence-electron chi connectivity index (χ3n) is 2.39. The van der Waals surface area contributed by atoms with E-state index in [1.165, 1.54) is 7.11 Å². The first-order valence-electron chi connectivity index (χ1n) is 5.26. The number of aromatic amines is 1. The van der Waals surface area contributed by atoms with Crippen molar-refractivity contribution in [1.29, 1.82) is 0 Å². The van der Waals surface area contributed by atoms with Gasteiger partial charge in [-0.25, -0.2) is 0 Å². The van der Waals surface area contributed by atoms with Crippen LogP contribution in [0.4, 0.5) is 0 Å². The molecule has 6 nitrogen and oxygen atoms in total. The van der Waals surface area contributed by atoms with Crippen molar-refractivity contribution in [3.8, 4) is 11.3 Å². The normalized spacial score (nSPS) is 10.1. The Balaban J connectivity index is 2.16. The summed E-state index contributed by atoms with van der Waals surface area (Å²) in [6.45, 7) is 0. The van der Waals surface area contributed by atoms with E-state index < -0.39 is 5.97 Å². The van der Waals surface area contributed by atoms with Crippen LogP contribution in [0.2, 0.25) is 0 Å². The van der Waals surface area contributed by atoms with Gasteiger partial charge in [-0.05, 0) is 18.2 Å². The molecule has 0 saturated carbocycles. The fourth-order valence-corrected chi connectivity index (χ4v) is 1.43. The molecule has 0 atom stereocenters. The lowest BCUT2D eigenvalue weighted by Gasteiger charge is -1.95. The highest BCUT2D eigenvalue weighted by atomic mass is 16.5. The first kappa shape index (κ1) is 12.0. The number of esters is 1. The molecule has 1 N–H and O–H groups in total. The zero-order valence-corrected chi connectivity index (χ0v) is 9.71. The van der Waals surface area contributed by atoms with Crippen molar-refractivity contribution in [3.05, 3.63) is 36.3 Å². The number of rotatable bonds is 4. The Morgan fingerprint density at radius 1 is 1.33 bits per heavy atom. The third kappa shape index (κ3) is 2.60. The predicted molar refractivity (Wildman–Crippen MR) is 62.8 cm³/mol. The summed E-state index contributed by atoms with van der Waals surface area (Å²) in [4.78, 5) is 26.6. The Labute approximate surface area is 103 Å². The van der Waals surface area contributed by atoms with Crippen molar-refractivity contribution in [2.24, 2.45) is 0 Å². The fraction of sp³-hybridized carbons (Fsp3) is 0.167. The summed E-state index contributed by atoms with van der Waals surface area (Å²) in [6, 6.07) is 5.16. The molecule has 92 valence electrons. The Morgan fingerprint density at radius 3 is 2.72 bits per heavy atom. The summed E-state index contributed by atoms with van der Waals surface area (Å²) < 4.78 is 4.43. The Hall–Kier alpha value is -2.50. The van der Waals surface area contributed by atoms with Crippen LogP contribution in [-0.4, -0.2) is 34.0 Å². The minimum Gasteiger partial charge on any atom is -0.469 e. The van der Waals surface area contributed by atoms with Crippen LogP contribution in [0.1, 0.15) is 16.9 Å². The summed E-state index contributed by atoms with van der Waals surface area (Å²) in [5.74, 6) is -0.922. The number of H-pyrrole nitrogens is 1. The van der Waals surface area contributed by atoms with Gasteiger partial charge in [0.25, 0.3) is 0 Å². The molecule has 0 aliphatic rings. The highest BCUT2D eigenvalue weighted by Gasteiger charge is 2.15. The van der Waals surface area contributed by atoms with E-state index in [1.54, 1.807) is 30.6 Å². The van der Waals surface area contributed by atoms with Crippen molar-refractivity contribution in [3.63, 3.8) is 0 Å². The molecule has 0 bridgehead atoms. The molecule has 2 rings (SSSR count). The highest BCUT2D eigenvalue weighted by Crippen LogP contribution is 2.16. The maximum absolute atomic E-state index is 11.7. The number of carbonyl (C=O) groups is 2. The number of ketones is 1. The Bertz CT molecular complexity index is 563. The smallest absolute Gasteiger partial charge is 0.313 e. The van der Waals surface area contributed by atoms with Gasteiger partial charge in [0.15, 0.2) is 5.78 Å². The van der Waals surface area contributed by atoms with E-state index >= 15 is 0 Å². The number of ether oxygens (including phenoxy) is 1. The predicted octanol–water partition coefficient (Wildman–Crippen LogP) is 1.22. The van der Waals surface area contributed by atoms with Gasteiger partial charge >= 0.3 is 5.97 Å². The maximum Gasteiger partial charge on any atom is 0.313 e. The van der Waals surface area contributed by atoms with Crippen molar-refractivity contribution < 1.29 is 14.3 Å². The quantitative estimate of drug-likeness (QED) is 0.497. The number of pyridine rings is 1. The zero-order chi connectivity index (χ0) is 13.0. The molecule has 0 aliphatic heterocycles. The summed E-state index contributed by atoms with van der Waals surface area (Å²) in [7, 11) is 1.24. The molecule has 18 heavy (non-hydrogen) atoms. The number of carbonyl (C=O) groups excluding carboxylic acids is 2. The van der Waals surface area contributed by atoms with Gasteiger partial charge in [0.1, 0.15) is 12.1 Å². The number of nitrogens with one attached hydrogen (secondary N) is 1. The van der Waals surface area contributed by atoms with Crippen LogP contribution in [-0.2, 0) is 9.53 Å². The average molecular weight is 245 g/mol. The topological polar surface area (TPSA) is 84.9 Å². The number of hydrogen-bond donors (Lipinski definition) is 1. The number of hydrogen-bond acceptors (Lipinski definition) is 5. The summed E-state index contributed by atoms with van der Waals surface area (Å²) in [5.41, 5.74) is 1.76. The molecule has 0 radical (unpaired) electrons. The average Bonchev–Trinajstić information content (AvgIpc) is 2.89. The maximum atomic E-state index is 11.7. The van der Waals surface area contributed by atoms with Crippen molar-refractivity contribution in [2.75, 3.05) is 7.11 Å². The zero-order valence-electron chi connectivity index (χ0n) is 9.71. The van der Waals surface area contributed by atoms with E-state index in [1.807, 2.05) is 0 Å². The standard InChI is InChI=1S/C12H11N3O3/c1-18-12(17)7-11(16)10-6-9(14-15-10)8-2-4-13-5-3-8/h2-6H,7H2,1H3,(H,14,15). The molecule has 2 heterocycles. The van der Waals surface area contributed by atoms with Crippen LogP contribution in [0, 0.1) is 0 Å². The molecule has 0 saturated heterocycles. The van der Waals surface area contributed by atoms with E-state index in [-0.39, 0.29) is 17.9 Å². The lowest BCUT2D eigenvalue weighted by Crippen LogP contribution is -2.09. The van der Waals surface area contributed by atoms with Gasteiger partial charge in [0.05, 0.1) is 12.8 Å². The van der Waals surface area contributed by atoms with Crippen molar-refractivity contribution in [2.45, 2.75) is 6.42 Å². The van der Waals surface area contributed by atoms with E-state index in [0.717, 1.165) is 5.56 Å². The molecular formula is C12H11N3O3. The highest BCUT2D eigenvalue weighted by molar-refractivity contribution is 6.05. The minimum absolute atomic E-state index is 0.284. The molecule has 0 unspecified atom stereocenters. The molecule has 2 aromatic rings. The van der Waals surface area contributed by atoms with Crippen LogP contribution >= 0.6 is 0 Å². The molecule has 0 spiro atoms. The largest absolute Gasteiger partial charge is 0.469 e. The first-order valence-corrected chi connectivity index (χ1v) is 5.26. The molecule has 0 aliphatic carbocycles. The lowest BCUT2D eigenvalue weighted by atomic mass is 10.1. The van der Waals surface area contributed by atoms with Gasteiger partial charge in [0, 0.05) is 18.0 Å². The van der Waals surface area contributed by atoms with Gasteiger partial charge in [0.2, 0.25) is 0 Å². The van der Waals surface area contributed by atoms with E-state index in [4.69, 9.17) is 0 Å². The van der Waals surface area contributed by atoms with Gasteiger partial charge < -0.3 is 4.74 Å². The van der Waals surface area contributed by atoms with Crippen LogP contribution < -0.4 is 0 Å². The van der Waals surface area contributed by atoms with Gasteiger partial charge in [-0.15, -0.1) is 0 Å². The number of Topliss-reactive ketones (excluding diaryl/α,β-unsaturated/α-hetero) is 1. The van der Waals surface area contributed by atoms with Crippen LogP contribution in [0.15, 0.2) is 30.6 Å². The third-order valence-corrected chi connectivity index (χ3v) is 2.39. The van der Waals surface area contributed by atoms with E-state index in [0.29, 0.717) is 5.69 Å². The van der Waals surface area contributed by atoms with Gasteiger partial charge in [-0.3, -0.25) is 19.7 Å². The second-order valence-electron chi connectivity index (χ2n) is 3.58. The molecular weight excluding hydrogens is 234 g/mol. The first-order chi connectivity index (χ1) is 8.70. The van der Waals surface area contributed by atoms with Crippen LogP contribution in [0.5, 0.6) is 0 Å². The molecule has 0 fully saturated rings. The molecule has 2 aromatic heterocycles. The van der Waals surface area contributed by atoms with Gasteiger partial charge in [-0.2, -0.15) is 5.10 Å².